The van der Waals surface area contributed by atoms with E-state index in [1.54, 1.807) is 0 Å². The zero-order valence-corrected chi connectivity index (χ0v) is 14.9. The van der Waals surface area contributed by atoms with Crippen LogP contribution < -0.4 is 5.32 Å². The van der Waals surface area contributed by atoms with Gasteiger partial charge in [-0.25, -0.2) is 0 Å². The standard InChI is InChI=1S/C19H28N2OS/c1-23-13-12-21-10-8-17(9-11-21)20-19(22)14-16-7-6-15-4-2-3-5-18(15)16/h2-5,16-17H,6-14H2,1H3,(H,20,22)/t16-/m0/s1. The van der Waals surface area contributed by atoms with Gasteiger partial charge in [0.2, 0.25) is 5.91 Å². The number of fused-ring (bicyclic) bond motifs is 1. The van der Waals surface area contributed by atoms with E-state index < -0.39 is 0 Å². The molecule has 1 aromatic rings. The normalized spacial score (nSPS) is 22.0. The molecular weight excluding hydrogens is 304 g/mol. The molecule has 2 aliphatic rings. The first kappa shape index (κ1) is 16.8. The third-order valence-electron chi connectivity index (χ3n) is 5.25. The number of nitrogens with zero attached hydrogens (tertiary/aromatic N) is 1. The highest BCUT2D eigenvalue weighted by molar-refractivity contribution is 7.98. The van der Waals surface area contributed by atoms with Crippen LogP contribution in [0.25, 0.3) is 0 Å². The first-order chi connectivity index (χ1) is 11.3. The maximum absolute atomic E-state index is 12.4. The molecule has 3 rings (SSSR count). The summed E-state index contributed by atoms with van der Waals surface area (Å²) in [6, 6.07) is 8.98. The van der Waals surface area contributed by atoms with Crippen molar-refractivity contribution in [1.82, 2.24) is 10.2 Å². The number of benzene rings is 1. The van der Waals surface area contributed by atoms with E-state index in [9.17, 15) is 4.79 Å². The number of hydrogen-bond donors (Lipinski definition) is 1. The summed E-state index contributed by atoms with van der Waals surface area (Å²) in [4.78, 5) is 14.9. The molecule has 126 valence electrons. The average molecular weight is 333 g/mol. The minimum Gasteiger partial charge on any atom is -0.353 e. The molecule has 0 radical (unpaired) electrons. The van der Waals surface area contributed by atoms with Crippen molar-refractivity contribution >= 4 is 17.7 Å². The second-order valence-electron chi connectivity index (χ2n) is 6.81. The predicted molar refractivity (Wildman–Crippen MR) is 98.1 cm³/mol. The van der Waals surface area contributed by atoms with Gasteiger partial charge in [0.25, 0.3) is 0 Å². The largest absolute Gasteiger partial charge is 0.353 e. The van der Waals surface area contributed by atoms with E-state index in [1.807, 2.05) is 11.8 Å². The predicted octanol–water partition coefficient (Wildman–Crippen LogP) is 3.05. The maximum Gasteiger partial charge on any atom is 0.220 e. The van der Waals surface area contributed by atoms with E-state index in [0.717, 1.165) is 38.8 Å². The summed E-state index contributed by atoms with van der Waals surface area (Å²) in [5.41, 5.74) is 2.84. The van der Waals surface area contributed by atoms with Gasteiger partial charge in [-0.1, -0.05) is 24.3 Å². The average Bonchev–Trinajstić information content (AvgIpc) is 2.97. The Balaban J connectivity index is 1.43. The number of thioether (sulfide) groups is 1. The lowest BCUT2D eigenvalue weighted by Crippen LogP contribution is -2.45. The van der Waals surface area contributed by atoms with Crippen LogP contribution in [-0.4, -0.2) is 48.5 Å². The van der Waals surface area contributed by atoms with Crippen molar-refractivity contribution in [1.29, 1.82) is 0 Å². The van der Waals surface area contributed by atoms with Crippen LogP contribution in [0.1, 0.15) is 42.7 Å². The molecule has 0 spiro atoms. The van der Waals surface area contributed by atoms with E-state index >= 15 is 0 Å². The highest BCUT2D eigenvalue weighted by atomic mass is 32.2. The molecule has 4 heteroatoms. The van der Waals surface area contributed by atoms with E-state index in [-0.39, 0.29) is 5.91 Å². The number of amides is 1. The van der Waals surface area contributed by atoms with Crippen LogP contribution in [-0.2, 0) is 11.2 Å². The Bertz CT molecular complexity index is 526. The van der Waals surface area contributed by atoms with Gasteiger partial charge in [-0.15, -0.1) is 0 Å². The Morgan fingerprint density at radius 3 is 2.83 bits per heavy atom. The summed E-state index contributed by atoms with van der Waals surface area (Å²) in [6.45, 7) is 3.43. The zero-order valence-electron chi connectivity index (χ0n) is 14.1. The van der Waals surface area contributed by atoms with Gasteiger partial charge in [0.1, 0.15) is 0 Å². The number of nitrogens with one attached hydrogen (secondary N) is 1. The van der Waals surface area contributed by atoms with Crippen molar-refractivity contribution in [2.24, 2.45) is 0 Å². The third kappa shape index (κ3) is 4.51. The van der Waals surface area contributed by atoms with Crippen molar-refractivity contribution in [3.63, 3.8) is 0 Å². The first-order valence-corrected chi connectivity index (χ1v) is 10.2. The molecule has 1 saturated heterocycles. The molecule has 1 heterocycles. The van der Waals surface area contributed by atoms with Crippen LogP contribution in [0.15, 0.2) is 24.3 Å². The Morgan fingerprint density at radius 2 is 2.04 bits per heavy atom. The fraction of sp³-hybridized carbons (Fsp3) is 0.632. The number of piperidine rings is 1. The van der Waals surface area contributed by atoms with Crippen LogP contribution in [0.2, 0.25) is 0 Å². The van der Waals surface area contributed by atoms with Crippen LogP contribution >= 0.6 is 11.8 Å². The Hall–Kier alpha value is -1.00. The molecule has 0 bridgehead atoms. The summed E-state index contributed by atoms with van der Waals surface area (Å²) in [5, 5.41) is 3.28. The van der Waals surface area contributed by atoms with Gasteiger partial charge in [0.05, 0.1) is 0 Å². The van der Waals surface area contributed by atoms with Crippen LogP contribution in [0.4, 0.5) is 0 Å². The van der Waals surface area contributed by atoms with Gasteiger partial charge in [0.15, 0.2) is 0 Å². The molecule has 1 amide bonds. The third-order valence-corrected chi connectivity index (χ3v) is 5.84. The summed E-state index contributed by atoms with van der Waals surface area (Å²) >= 11 is 1.91. The second-order valence-corrected chi connectivity index (χ2v) is 7.80. The van der Waals surface area contributed by atoms with Gasteiger partial charge in [-0.05, 0) is 49.0 Å². The number of rotatable bonds is 6. The number of likely N-dealkylation sites (tertiary alicyclic amines) is 1. The summed E-state index contributed by atoms with van der Waals surface area (Å²) in [7, 11) is 0. The zero-order chi connectivity index (χ0) is 16.1. The number of carbonyl (C=O) groups is 1. The minimum atomic E-state index is 0.245. The monoisotopic (exact) mass is 332 g/mol. The molecule has 1 N–H and O–H groups in total. The van der Waals surface area contributed by atoms with Crippen molar-refractivity contribution in [2.45, 2.75) is 44.1 Å². The highest BCUT2D eigenvalue weighted by Gasteiger charge is 2.26. The van der Waals surface area contributed by atoms with Crippen molar-refractivity contribution < 1.29 is 4.79 Å². The summed E-state index contributed by atoms with van der Waals surface area (Å²) in [6.07, 6.45) is 7.27. The number of carbonyl (C=O) groups excluding carboxylic acids is 1. The fourth-order valence-electron chi connectivity index (χ4n) is 3.89. The SMILES string of the molecule is CSCCN1CCC(NC(=O)C[C@@H]2CCc3ccccc32)CC1. The van der Waals surface area contributed by atoms with E-state index in [0.29, 0.717) is 18.4 Å². The topological polar surface area (TPSA) is 32.3 Å². The molecule has 23 heavy (non-hydrogen) atoms. The van der Waals surface area contributed by atoms with Crippen LogP contribution in [0, 0.1) is 0 Å². The molecule has 0 aromatic heterocycles. The number of hydrogen-bond acceptors (Lipinski definition) is 3. The number of aryl methyl sites for hydroxylation is 1. The van der Waals surface area contributed by atoms with Gasteiger partial charge in [-0.3, -0.25) is 4.79 Å². The Kier molecular flexibility index (Phi) is 6.01. The highest BCUT2D eigenvalue weighted by Crippen LogP contribution is 2.35. The molecule has 1 aliphatic carbocycles. The molecule has 1 atom stereocenters. The Morgan fingerprint density at radius 1 is 1.26 bits per heavy atom. The fourth-order valence-corrected chi connectivity index (χ4v) is 4.33. The van der Waals surface area contributed by atoms with Gasteiger partial charge in [-0.2, -0.15) is 11.8 Å². The molecule has 0 unspecified atom stereocenters. The molecule has 1 aliphatic heterocycles. The summed E-state index contributed by atoms with van der Waals surface area (Å²) < 4.78 is 0. The van der Waals surface area contributed by atoms with Crippen LogP contribution in [0.3, 0.4) is 0 Å². The van der Waals surface area contributed by atoms with Gasteiger partial charge < -0.3 is 10.2 Å². The van der Waals surface area contributed by atoms with Gasteiger partial charge >= 0.3 is 0 Å². The Labute approximate surface area is 144 Å². The lowest BCUT2D eigenvalue weighted by molar-refractivity contribution is -0.122. The molecular formula is C19H28N2OS. The molecule has 1 fully saturated rings. The van der Waals surface area contributed by atoms with Gasteiger partial charge in [0, 0.05) is 37.8 Å². The smallest absolute Gasteiger partial charge is 0.220 e. The molecule has 1 aromatic carbocycles. The van der Waals surface area contributed by atoms with Crippen LogP contribution in [0.5, 0.6) is 0 Å². The summed E-state index contributed by atoms with van der Waals surface area (Å²) in [5.74, 6) is 1.88. The lowest BCUT2D eigenvalue weighted by Gasteiger charge is -2.32. The molecule has 3 nitrogen and oxygen atoms in total. The maximum atomic E-state index is 12.4. The van der Waals surface area contributed by atoms with E-state index in [4.69, 9.17) is 0 Å². The van der Waals surface area contributed by atoms with E-state index in [1.165, 1.54) is 23.4 Å². The van der Waals surface area contributed by atoms with Crippen molar-refractivity contribution in [2.75, 3.05) is 31.6 Å². The lowest BCUT2D eigenvalue weighted by atomic mass is 9.97. The van der Waals surface area contributed by atoms with E-state index in [2.05, 4.69) is 40.7 Å². The quantitative estimate of drug-likeness (QED) is 0.869. The minimum absolute atomic E-state index is 0.245. The molecule has 0 saturated carbocycles. The van der Waals surface area contributed by atoms with Crippen molar-refractivity contribution in [3.8, 4) is 0 Å². The first-order valence-electron chi connectivity index (χ1n) is 8.84. The van der Waals surface area contributed by atoms with Crippen molar-refractivity contribution in [3.05, 3.63) is 35.4 Å². The second kappa shape index (κ2) is 8.20.